The summed E-state index contributed by atoms with van der Waals surface area (Å²) in [5.74, 6) is 0.186. The number of carbonyl (C=O) groups is 1. The molecule has 20 heavy (non-hydrogen) atoms. The fourth-order valence-corrected chi connectivity index (χ4v) is 2.76. The Labute approximate surface area is 122 Å². The monoisotopic (exact) mass is 274 g/mol. The van der Waals surface area contributed by atoms with Crippen LogP contribution in [0.25, 0.3) is 0 Å². The predicted octanol–water partition coefficient (Wildman–Crippen LogP) is 2.76. The summed E-state index contributed by atoms with van der Waals surface area (Å²) in [4.78, 5) is 17.2. The van der Waals surface area contributed by atoms with Crippen LogP contribution in [0, 0.1) is 0 Å². The molecule has 0 spiro atoms. The Balaban J connectivity index is 2.18. The average Bonchev–Trinajstić information content (AvgIpc) is 2.46. The zero-order valence-corrected chi connectivity index (χ0v) is 13.1. The largest absolute Gasteiger partial charge is 0.336 e. The number of carbonyl (C=O) groups excluding carboxylic acids is 1. The summed E-state index contributed by atoms with van der Waals surface area (Å²) in [6, 6.07) is 8.03. The minimum Gasteiger partial charge on any atom is -0.336 e. The Morgan fingerprint density at radius 2 is 1.70 bits per heavy atom. The van der Waals surface area contributed by atoms with Gasteiger partial charge >= 0.3 is 0 Å². The predicted molar refractivity (Wildman–Crippen MR) is 83.2 cm³/mol. The minimum absolute atomic E-state index is 0.00249. The van der Waals surface area contributed by atoms with Crippen molar-refractivity contribution in [1.29, 1.82) is 0 Å². The van der Waals surface area contributed by atoms with Crippen LogP contribution in [0.4, 0.5) is 0 Å². The molecule has 1 fully saturated rings. The first kappa shape index (κ1) is 15.0. The third kappa shape index (κ3) is 3.21. The van der Waals surface area contributed by atoms with E-state index in [0.717, 1.165) is 43.9 Å². The molecule has 0 bridgehead atoms. The van der Waals surface area contributed by atoms with Crippen LogP contribution in [-0.2, 0) is 5.41 Å². The molecule has 1 aliphatic heterocycles. The van der Waals surface area contributed by atoms with Gasteiger partial charge in [0, 0.05) is 31.7 Å². The lowest BCUT2D eigenvalue weighted by Crippen LogP contribution is -2.48. The first-order valence-electron chi connectivity index (χ1n) is 7.54. The smallest absolute Gasteiger partial charge is 0.254 e. The molecule has 3 nitrogen and oxygen atoms in total. The molecule has 110 valence electrons. The Kier molecular flexibility index (Phi) is 4.48. The molecule has 1 saturated heterocycles. The molecular formula is C17H26N2O. The number of benzene rings is 1. The van der Waals surface area contributed by atoms with Crippen LogP contribution in [0.3, 0.4) is 0 Å². The highest BCUT2D eigenvalue weighted by molar-refractivity contribution is 5.96. The summed E-state index contributed by atoms with van der Waals surface area (Å²) in [5.41, 5.74) is 2.00. The molecule has 1 aromatic rings. The van der Waals surface area contributed by atoms with Crippen molar-refractivity contribution in [2.45, 2.75) is 33.1 Å². The van der Waals surface area contributed by atoms with Gasteiger partial charge in [-0.3, -0.25) is 4.79 Å². The minimum atomic E-state index is -0.00249. The van der Waals surface area contributed by atoms with E-state index in [0.29, 0.717) is 0 Å². The van der Waals surface area contributed by atoms with Crippen molar-refractivity contribution in [1.82, 2.24) is 9.80 Å². The molecule has 1 aliphatic rings. The first-order chi connectivity index (χ1) is 9.43. The molecule has 0 radical (unpaired) electrons. The molecule has 2 rings (SSSR count). The van der Waals surface area contributed by atoms with Gasteiger partial charge in [0.2, 0.25) is 0 Å². The van der Waals surface area contributed by atoms with Crippen LogP contribution >= 0.6 is 0 Å². The Morgan fingerprint density at radius 3 is 2.25 bits per heavy atom. The molecule has 0 aromatic heterocycles. The van der Waals surface area contributed by atoms with Crippen LogP contribution in [0.2, 0.25) is 0 Å². The van der Waals surface area contributed by atoms with Gasteiger partial charge in [-0.05, 0) is 23.6 Å². The number of hydrogen-bond acceptors (Lipinski definition) is 2. The Bertz CT molecular complexity index is 468. The van der Waals surface area contributed by atoms with E-state index in [4.69, 9.17) is 0 Å². The average molecular weight is 274 g/mol. The third-order valence-electron chi connectivity index (χ3n) is 4.07. The zero-order valence-electron chi connectivity index (χ0n) is 13.1. The number of amides is 1. The number of piperazine rings is 1. The van der Waals surface area contributed by atoms with E-state index in [1.54, 1.807) is 0 Å². The van der Waals surface area contributed by atoms with Gasteiger partial charge in [0.15, 0.2) is 0 Å². The van der Waals surface area contributed by atoms with Crippen molar-refractivity contribution in [3.63, 3.8) is 0 Å². The van der Waals surface area contributed by atoms with Gasteiger partial charge in [-0.25, -0.2) is 0 Å². The van der Waals surface area contributed by atoms with Gasteiger partial charge in [0.25, 0.3) is 5.91 Å². The Hall–Kier alpha value is -1.35. The fraction of sp³-hybridized carbons (Fsp3) is 0.588. The van der Waals surface area contributed by atoms with Crippen LogP contribution in [-0.4, -0.2) is 48.4 Å². The molecule has 0 atom stereocenters. The highest BCUT2D eigenvalue weighted by Crippen LogP contribution is 2.26. The van der Waals surface area contributed by atoms with E-state index in [9.17, 15) is 4.79 Å². The second-order valence-corrected chi connectivity index (χ2v) is 6.52. The lowest BCUT2D eigenvalue weighted by Gasteiger charge is -2.35. The Morgan fingerprint density at radius 1 is 1.10 bits per heavy atom. The topological polar surface area (TPSA) is 23.6 Å². The molecule has 0 unspecified atom stereocenters. The van der Waals surface area contributed by atoms with Gasteiger partial charge in [0.1, 0.15) is 0 Å². The van der Waals surface area contributed by atoms with Crippen molar-refractivity contribution < 1.29 is 4.79 Å². The third-order valence-corrected chi connectivity index (χ3v) is 4.07. The molecular weight excluding hydrogens is 248 g/mol. The molecule has 1 amide bonds. The van der Waals surface area contributed by atoms with E-state index >= 15 is 0 Å². The lowest BCUT2D eigenvalue weighted by molar-refractivity contribution is 0.0641. The highest BCUT2D eigenvalue weighted by Gasteiger charge is 2.26. The molecule has 1 aromatic carbocycles. The van der Waals surface area contributed by atoms with Crippen molar-refractivity contribution in [2.75, 3.05) is 32.7 Å². The highest BCUT2D eigenvalue weighted by atomic mass is 16.2. The summed E-state index contributed by atoms with van der Waals surface area (Å²) in [5, 5.41) is 0. The van der Waals surface area contributed by atoms with E-state index in [-0.39, 0.29) is 11.3 Å². The number of likely N-dealkylation sites (N-methyl/N-ethyl adjacent to an activating group) is 1. The summed E-state index contributed by atoms with van der Waals surface area (Å²) in [6.07, 6.45) is 0. The van der Waals surface area contributed by atoms with Crippen molar-refractivity contribution >= 4 is 5.91 Å². The summed E-state index contributed by atoms with van der Waals surface area (Å²) >= 11 is 0. The maximum atomic E-state index is 12.8. The van der Waals surface area contributed by atoms with Crippen LogP contribution in [0.15, 0.2) is 24.3 Å². The van der Waals surface area contributed by atoms with Gasteiger partial charge in [-0.15, -0.1) is 0 Å². The lowest BCUT2D eigenvalue weighted by atomic mass is 9.83. The number of nitrogens with zero attached hydrogens (tertiary/aromatic N) is 2. The summed E-state index contributed by atoms with van der Waals surface area (Å²) in [6.45, 7) is 13.4. The van der Waals surface area contributed by atoms with E-state index in [1.165, 1.54) is 0 Å². The zero-order chi connectivity index (χ0) is 14.8. The van der Waals surface area contributed by atoms with Crippen LogP contribution in [0.1, 0.15) is 43.6 Å². The fourth-order valence-electron chi connectivity index (χ4n) is 2.76. The van der Waals surface area contributed by atoms with Gasteiger partial charge in [0.05, 0.1) is 0 Å². The van der Waals surface area contributed by atoms with Gasteiger partial charge in [-0.2, -0.15) is 0 Å². The van der Waals surface area contributed by atoms with Crippen LogP contribution in [0.5, 0.6) is 0 Å². The standard InChI is InChI=1S/C17H26N2O/c1-5-18-10-12-19(13-11-18)16(20)14-8-6-7-9-15(14)17(2,3)4/h6-9H,5,10-13H2,1-4H3. The second-order valence-electron chi connectivity index (χ2n) is 6.52. The number of hydrogen-bond donors (Lipinski definition) is 0. The molecule has 0 N–H and O–H groups in total. The summed E-state index contributed by atoms with van der Waals surface area (Å²) < 4.78 is 0. The second kappa shape index (κ2) is 5.96. The van der Waals surface area contributed by atoms with Gasteiger partial charge in [-0.1, -0.05) is 45.9 Å². The van der Waals surface area contributed by atoms with E-state index in [1.807, 2.05) is 23.1 Å². The normalized spacial score (nSPS) is 17.3. The maximum Gasteiger partial charge on any atom is 0.254 e. The number of rotatable bonds is 2. The molecule has 0 saturated carbocycles. The molecule has 0 aliphatic carbocycles. The van der Waals surface area contributed by atoms with Crippen molar-refractivity contribution in [2.24, 2.45) is 0 Å². The van der Waals surface area contributed by atoms with Crippen LogP contribution < -0.4 is 0 Å². The molecule has 1 heterocycles. The van der Waals surface area contributed by atoms with Gasteiger partial charge < -0.3 is 9.80 Å². The first-order valence-corrected chi connectivity index (χ1v) is 7.54. The summed E-state index contributed by atoms with van der Waals surface area (Å²) in [7, 11) is 0. The quantitative estimate of drug-likeness (QED) is 0.828. The molecule has 3 heteroatoms. The van der Waals surface area contributed by atoms with E-state index < -0.39 is 0 Å². The van der Waals surface area contributed by atoms with Crippen molar-refractivity contribution in [3.05, 3.63) is 35.4 Å². The van der Waals surface area contributed by atoms with E-state index in [2.05, 4.69) is 38.7 Å². The maximum absolute atomic E-state index is 12.8. The SMILES string of the molecule is CCN1CCN(C(=O)c2ccccc2C(C)(C)C)CC1. The van der Waals surface area contributed by atoms with Crippen molar-refractivity contribution in [3.8, 4) is 0 Å².